The van der Waals surface area contributed by atoms with Gasteiger partial charge in [-0.1, -0.05) is 6.07 Å². The summed E-state index contributed by atoms with van der Waals surface area (Å²) >= 11 is 0. The number of rotatable bonds is 4. The molecule has 1 aliphatic heterocycles. The van der Waals surface area contributed by atoms with Crippen LogP contribution in [0.25, 0.3) is 0 Å². The van der Waals surface area contributed by atoms with E-state index in [1.165, 1.54) is 24.0 Å². The molecule has 0 spiro atoms. The number of fused-ring (bicyclic) bond motifs is 2. The highest BCUT2D eigenvalue weighted by molar-refractivity contribution is 5.74. The molecule has 2 aliphatic rings. The molecule has 24 heavy (non-hydrogen) atoms. The summed E-state index contributed by atoms with van der Waals surface area (Å²) in [7, 11) is 0. The van der Waals surface area contributed by atoms with E-state index < -0.39 is 0 Å². The second-order valence-corrected chi connectivity index (χ2v) is 6.34. The third-order valence-electron chi connectivity index (χ3n) is 4.60. The number of hydrogen-bond donors (Lipinski definition) is 1. The molecule has 0 saturated heterocycles. The molecule has 0 fully saturated rings. The van der Waals surface area contributed by atoms with Crippen molar-refractivity contribution in [2.75, 3.05) is 6.79 Å². The van der Waals surface area contributed by atoms with Crippen LogP contribution in [0.15, 0.2) is 36.7 Å². The molecule has 2 aromatic rings. The van der Waals surface area contributed by atoms with Crippen molar-refractivity contribution in [1.82, 2.24) is 5.32 Å². The molecule has 1 amide bonds. The number of ether oxygens (including phenoxy) is 2. The first-order chi connectivity index (χ1) is 11.8. The van der Waals surface area contributed by atoms with Crippen LogP contribution in [0.4, 0.5) is 0 Å². The number of amides is 1. The van der Waals surface area contributed by atoms with E-state index in [0.717, 1.165) is 29.9 Å². The van der Waals surface area contributed by atoms with Crippen molar-refractivity contribution in [3.8, 4) is 11.5 Å². The zero-order chi connectivity index (χ0) is 16.4. The number of aromatic nitrogens is 1. The van der Waals surface area contributed by atoms with E-state index >= 15 is 0 Å². The van der Waals surface area contributed by atoms with E-state index in [2.05, 4.69) is 17.6 Å². The molecule has 2 heterocycles. The first-order valence-electron chi connectivity index (χ1n) is 8.44. The zero-order valence-electron chi connectivity index (χ0n) is 13.6. The van der Waals surface area contributed by atoms with Crippen LogP contribution in [-0.2, 0) is 30.7 Å². The highest BCUT2D eigenvalue weighted by atomic mass is 16.7. The Labute approximate surface area is 141 Å². The van der Waals surface area contributed by atoms with Crippen LogP contribution in [0.2, 0.25) is 0 Å². The molecule has 5 nitrogen and oxygen atoms in total. The van der Waals surface area contributed by atoms with E-state index in [-0.39, 0.29) is 12.7 Å². The van der Waals surface area contributed by atoms with Crippen LogP contribution in [-0.4, -0.2) is 12.7 Å². The molecule has 1 aromatic heterocycles. The van der Waals surface area contributed by atoms with E-state index in [9.17, 15) is 4.79 Å². The van der Waals surface area contributed by atoms with Gasteiger partial charge in [0.1, 0.15) is 0 Å². The molecule has 5 heteroatoms. The van der Waals surface area contributed by atoms with Gasteiger partial charge in [-0.05, 0) is 48.9 Å². The van der Waals surface area contributed by atoms with E-state index in [4.69, 9.17) is 9.47 Å². The first kappa shape index (κ1) is 15.0. The molecule has 0 radical (unpaired) electrons. The van der Waals surface area contributed by atoms with Gasteiger partial charge in [-0.15, -0.1) is 0 Å². The Morgan fingerprint density at radius 3 is 2.83 bits per heavy atom. The molecule has 0 unspecified atom stereocenters. The average Bonchev–Trinajstić information content (AvgIpc) is 3.07. The van der Waals surface area contributed by atoms with Crippen molar-refractivity contribution >= 4 is 5.91 Å². The van der Waals surface area contributed by atoms with Gasteiger partial charge < -0.3 is 14.8 Å². The quantitative estimate of drug-likeness (QED) is 0.874. The maximum atomic E-state index is 12.2. The summed E-state index contributed by atoms with van der Waals surface area (Å²) in [5, 5.41) is 2.96. The van der Waals surface area contributed by atoms with Crippen molar-refractivity contribution < 1.29 is 18.8 Å². The highest BCUT2D eigenvalue weighted by Gasteiger charge is 2.16. The number of nitrogens with one attached hydrogen (secondary N) is 1. The van der Waals surface area contributed by atoms with Crippen LogP contribution in [0, 0.1) is 0 Å². The lowest BCUT2D eigenvalue weighted by Crippen LogP contribution is -2.43. The average molecular weight is 325 g/mol. The highest BCUT2D eigenvalue weighted by Crippen LogP contribution is 2.32. The van der Waals surface area contributed by atoms with Gasteiger partial charge in [0.15, 0.2) is 23.9 Å². The van der Waals surface area contributed by atoms with Crippen LogP contribution in [0.5, 0.6) is 11.5 Å². The summed E-state index contributed by atoms with van der Waals surface area (Å²) in [4.78, 5) is 12.2. The van der Waals surface area contributed by atoms with Gasteiger partial charge in [0.05, 0.1) is 0 Å². The first-order valence-corrected chi connectivity index (χ1v) is 8.44. The summed E-state index contributed by atoms with van der Waals surface area (Å²) in [6.45, 7) is 1.10. The van der Waals surface area contributed by atoms with Gasteiger partial charge in [-0.25, -0.2) is 0 Å². The van der Waals surface area contributed by atoms with Gasteiger partial charge in [0.25, 0.3) is 5.91 Å². The molecular formula is C19H21N2O3+. The Kier molecular flexibility index (Phi) is 4.07. The number of carbonyl (C=O) groups is 1. The standard InChI is InChI=1S/C19H20N2O3/c22-19(12-21-8-7-15-3-1-2-4-16(15)11-21)20-10-14-5-6-17-18(9-14)24-13-23-17/h5-9,11H,1-4,10,12-13H2/p+1. The van der Waals surface area contributed by atoms with Gasteiger partial charge in [0.2, 0.25) is 13.3 Å². The van der Waals surface area contributed by atoms with Crippen LogP contribution < -0.4 is 19.4 Å². The Morgan fingerprint density at radius 2 is 1.92 bits per heavy atom. The molecular weight excluding hydrogens is 304 g/mol. The largest absolute Gasteiger partial charge is 0.454 e. The lowest BCUT2D eigenvalue weighted by molar-refractivity contribution is -0.685. The summed E-state index contributed by atoms with van der Waals surface area (Å²) in [6.07, 6.45) is 8.92. The predicted octanol–water partition coefficient (Wildman–Crippen LogP) is 1.90. The Balaban J connectivity index is 1.35. The second-order valence-electron chi connectivity index (χ2n) is 6.34. The fourth-order valence-electron chi connectivity index (χ4n) is 3.29. The van der Waals surface area contributed by atoms with Crippen LogP contribution in [0.3, 0.4) is 0 Å². The minimum Gasteiger partial charge on any atom is -0.454 e. The van der Waals surface area contributed by atoms with Crippen LogP contribution >= 0.6 is 0 Å². The maximum absolute atomic E-state index is 12.2. The van der Waals surface area contributed by atoms with Crippen molar-refractivity contribution in [1.29, 1.82) is 0 Å². The Hall–Kier alpha value is -2.56. The molecule has 0 bridgehead atoms. The number of pyridine rings is 1. The molecule has 0 saturated carbocycles. The minimum atomic E-state index is 0.00780. The third kappa shape index (κ3) is 3.20. The fourth-order valence-corrected chi connectivity index (χ4v) is 3.29. The second kappa shape index (κ2) is 6.51. The summed E-state index contributed by atoms with van der Waals surface area (Å²) in [5.74, 6) is 1.51. The molecule has 1 aliphatic carbocycles. The lowest BCUT2D eigenvalue weighted by atomic mass is 9.93. The van der Waals surface area contributed by atoms with Crippen LogP contribution in [0.1, 0.15) is 29.5 Å². The van der Waals surface area contributed by atoms with Gasteiger partial charge in [-0.2, -0.15) is 4.57 Å². The van der Waals surface area contributed by atoms with Crippen molar-refractivity contribution in [2.45, 2.75) is 38.8 Å². The van der Waals surface area contributed by atoms with E-state index in [0.29, 0.717) is 13.1 Å². The van der Waals surface area contributed by atoms with E-state index in [1.54, 1.807) is 0 Å². The number of nitrogens with zero attached hydrogens (tertiary/aromatic N) is 1. The Bertz CT molecular complexity index is 773. The predicted molar refractivity (Wildman–Crippen MR) is 87.7 cm³/mol. The third-order valence-corrected chi connectivity index (χ3v) is 4.60. The zero-order valence-corrected chi connectivity index (χ0v) is 13.6. The summed E-state index contributed by atoms with van der Waals surface area (Å²) in [5.41, 5.74) is 3.81. The molecule has 0 atom stereocenters. The number of aryl methyl sites for hydroxylation is 2. The SMILES string of the molecule is O=C(C[n+]1ccc2c(c1)CCCC2)NCc1ccc2c(c1)OCO2. The number of hydrogen-bond acceptors (Lipinski definition) is 3. The topological polar surface area (TPSA) is 51.4 Å². The lowest BCUT2D eigenvalue weighted by Gasteiger charge is -2.13. The molecule has 1 aromatic carbocycles. The normalized spacial score (nSPS) is 15.0. The smallest absolute Gasteiger partial charge is 0.286 e. The van der Waals surface area contributed by atoms with Crippen molar-refractivity contribution in [3.63, 3.8) is 0 Å². The van der Waals surface area contributed by atoms with Gasteiger partial charge in [-0.3, -0.25) is 4.79 Å². The summed E-state index contributed by atoms with van der Waals surface area (Å²) < 4.78 is 12.6. The fraction of sp³-hybridized carbons (Fsp3) is 0.368. The van der Waals surface area contributed by atoms with Gasteiger partial charge in [0, 0.05) is 18.2 Å². The van der Waals surface area contributed by atoms with E-state index in [1.807, 2.05) is 29.0 Å². The number of benzene rings is 1. The van der Waals surface area contributed by atoms with Gasteiger partial charge >= 0.3 is 0 Å². The molecule has 4 rings (SSSR count). The molecule has 124 valence electrons. The maximum Gasteiger partial charge on any atom is 0.286 e. The Morgan fingerprint density at radius 1 is 1.08 bits per heavy atom. The minimum absolute atomic E-state index is 0.00780. The monoisotopic (exact) mass is 325 g/mol. The van der Waals surface area contributed by atoms with Crippen molar-refractivity contribution in [3.05, 3.63) is 53.3 Å². The number of carbonyl (C=O) groups excluding carboxylic acids is 1. The molecule has 1 N–H and O–H groups in total. The van der Waals surface area contributed by atoms with Crippen molar-refractivity contribution in [2.24, 2.45) is 0 Å². The summed E-state index contributed by atoms with van der Waals surface area (Å²) in [6, 6.07) is 7.89.